The van der Waals surface area contributed by atoms with Gasteiger partial charge in [-0.2, -0.15) is 4.31 Å². The number of hydrogen-bond acceptors (Lipinski definition) is 6. The predicted octanol–water partition coefficient (Wildman–Crippen LogP) is 2.49. The molecule has 140 valence electrons. The highest BCUT2D eigenvalue weighted by Gasteiger charge is 2.42. The van der Waals surface area contributed by atoms with Crippen LogP contribution in [-0.2, 0) is 19.5 Å². The molecule has 0 radical (unpaired) electrons. The minimum absolute atomic E-state index is 0.281. The maximum Gasteiger partial charge on any atom is 0.243 e. The first-order chi connectivity index (χ1) is 12.4. The third-order valence-electron chi connectivity index (χ3n) is 4.97. The molecule has 8 heteroatoms. The lowest BCUT2D eigenvalue weighted by atomic mass is 10.1. The predicted molar refractivity (Wildman–Crippen MR) is 94.0 cm³/mol. The molecule has 1 spiro atoms. The van der Waals surface area contributed by atoms with Gasteiger partial charge in [-0.05, 0) is 19.1 Å². The maximum absolute atomic E-state index is 12.9. The number of nitrogens with zero attached hydrogens (tertiary/aromatic N) is 2. The van der Waals surface area contributed by atoms with Gasteiger partial charge in [-0.1, -0.05) is 12.1 Å². The second-order valence-corrected chi connectivity index (χ2v) is 8.61. The van der Waals surface area contributed by atoms with Crippen molar-refractivity contribution >= 4 is 10.0 Å². The Bertz CT molecular complexity index is 888. The van der Waals surface area contributed by atoms with E-state index in [0.717, 1.165) is 17.0 Å². The molecule has 0 unspecified atom stereocenters. The van der Waals surface area contributed by atoms with Gasteiger partial charge in [0, 0.05) is 38.4 Å². The molecule has 4 rings (SSSR count). The number of aryl methyl sites for hydroxylation is 2. The molecule has 2 fully saturated rings. The smallest absolute Gasteiger partial charge is 0.243 e. The van der Waals surface area contributed by atoms with Gasteiger partial charge in [0.2, 0.25) is 10.0 Å². The van der Waals surface area contributed by atoms with Crippen LogP contribution in [0.3, 0.4) is 0 Å². The Morgan fingerprint density at radius 1 is 1.04 bits per heavy atom. The van der Waals surface area contributed by atoms with E-state index in [-0.39, 0.29) is 4.90 Å². The van der Waals surface area contributed by atoms with Gasteiger partial charge in [-0.15, -0.1) is 0 Å². The summed E-state index contributed by atoms with van der Waals surface area (Å²) in [6.07, 6.45) is 1.11. The van der Waals surface area contributed by atoms with Crippen LogP contribution in [0.5, 0.6) is 0 Å². The molecule has 1 aromatic carbocycles. The van der Waals surface area contributed by atoms with Crippen LogP contribution in [0.4, 0.5) is 0 Å². The molecule has 7 nitrogen and oxygen atoms in total. The molecule has 0 bridgehead atoms. The van der Waals surface area contributed by atoms with Gasteiger partial charge in [0.1, 0.15) is 11.5 Å². The largest absolute Gasteiger partial charge is 0.446 e. The highest BCUT2D eigenvalue weighted by Crippen LogP contribution is 2.33. The lowest BCUT2D eigenvalue weighted by Crippen LogP contribution is -2.47. The minimum atomic E-state index is -3.53. The summed E-state index contributed by atoms with van der Waals surface area (Å²) in [5, 5.41) is 0. The molecule has 0 saturated carbocycles. The molecule has 2 aliphatic rings. The average Bonchev–Trinajstić information content (AvgIpc) is 3.21. The van der Waals surface area contributed by atoms with Gasteiger partial charge < -0.3 is 13.9 Å². The summed E-state index contributed by atoms with van der Waals surface area (Å²) in [5.74, 6) is 0.724. The van der Waals surface area contributed by atoms with E-state index in [9.17, 15) is 8.42 Å². The molecule has 0 aliphatic carbocycles. The number of aromatic nitrogens is 1. The lowest BCUT2D eigenvalue weighted by molar-refractivity contribution is -0.179. The number of sulfonamides is 1. The first-order valence-electron chi connectivity index (χ1n) is 8.72. The molecule has 2 saturated heterocycles. The van der Waals surface area contributed by atoms with Gasteiger partial charge in [-0.3, -0.25) is 0 Å². The summed E-state index contributed by atoms with van der Waals surface area (Å²) in [7, 11) is -3.53. The van der Waals surface area contributed by atoms with E-state index in [1.165, 1.54) is 4.31 Å². The van der Waals surface area contributed by atoms with Crippen LogP contribution < -0.4 is 0 Å². The summed E-state index contributed by atoms with van der Waals surface area (Å²) in [4.78, 5) is 4.63. The number of hydrogen-bond donors (Lipinski definition) is 0. The fraction of sp³-hybridized carbons (Fsp3) is 0.500. The van der Waals surface area contributed by atoms with Crippen molar-refractivity contribution in [1.29, 1.82) is 0 Å². The molecule has 3 heterocycles. The third-order valence-corrected chi connectivity index (χ3v) is 6.88. The Morgan fingerprint density at radius 3 is 2.19 bits per heavy atom. The molecule has 0 atom stereocenters. The minimum Gasteiger partial charge on any atom is -0.446 e. The normalized spacial score (nSPS) is 20.7. The van der Waals surface area contributed by atoms with Crippen molar-refractivity contribution in [2.75, 3.05) is 26.3 Å². The Balaban J connectivity index is 1.52. The van der Waals surface area contributed by atoms with E-state index in [1.54, 1.807) is 31.2 Å². The standard InChI is InChI=1S/C18H22N2O5S/c1-13-17(19-14(2)25-13)15-3-5-16(6-4-15)26(21,22)20-9-7-18(8-10-20)23-11-12-24-18/h3-6H,7-12H2,1-2H3. The van der Waals surface area contributed by atoms with E-state index in [2.05, 4.69) is 4.98 Å². The van der Waals surface area contributed by atoms with Gasteiger partial charge in [0.25, 0.3) is 0 Å². The van der Waals surface area contributed by atoms with E-state index < -0.39 is 15.8 Å². The molecular weight excluding hydrogens is 356 g/mol. The van der Waals surface area contributed by atoms with Crippen LogP contribution in [0.2, 0.25) is 0 Å². The van der Waals surface area contributed by atoms with Crippen molar-refractivity contribution in [3.63, 3.8) is 0 Å². The van der Waals surface area contributed by atoms with Crippen molar-refractivity contribution in [2.45, 2.75) is 37.4 Å². The highest BCUT2D eigenvalue weighted by atomic mass is 32.2. The van der Waals surface area contributed by atoms with Gasteiger partial charge >= 0.3 is 0 Å². The Morgan fingerprint density at radius 2 is 1.65 bits per heavy atom. The quantitative estimate of drug-likeness (QED) is 0.816. The Labute approximate surface area is 153 Å². The molecule has 1 aromatic heterocycles. The first kappa shape index (κ1) is 17.7. The zero-order valence-corrected chi connectivity index (χ0v) is 15.7. The number of oxazole rings is 1. The number of benzene rings is 1. The topological polar surface area (TPSA) is 81.9 Å². The van der Waals surface area contributed by atoms with Gasteiger partial charge in [0.05, 0.1) is 18.1 Å². The monoisotopic (exact) mass is 378 g/mol. The van der Waals surface area contributed by atoms with Gasteiger partial charge in [-0.25, -0.2) is 13.4 Å². The first-order valence-corrected chi connectivity index (χ1v) is 10.2. The second kappa shape index (κ2) is 6.45. The third kappa shape index (κ3) is 3.07. The zero-order chi connectivity index (χ0) is 18.4. The van der Waals surface area contributed by atoms with Crippen LogP contribution >= 0.6 is 0 Å². The Kier molecular flexibility index (Phi) is 4.38. The van der Waals surface area contributed by atoms with E-state index in [1.807, 2.05) is 6.92 Å². The zero-order valence-electron chi connectivity index (χ0n) is 14.9. The van der Waals surface area contributed by atoms with Gasteiger partial charge in [0.15, 0.2) is 11.7 Å². The summed E-state index contributed by atoms with van der Waals surface area (Å²) in [6.45, 7) is 5.58. The summed E-state index contributed by atoms with van der Waals surface area (Å²) in [5.41, 5.74) is 1.57. The maximum atomic E-state index is 12.9. The Hall–Kier alpha value is -1.74. The summed E-state index contributed by atoms with van der Waals surface area (Å²) < 4.78 is 44.1. The van der Waals surface area contributed by atoms with Crippen molar-refractivity contribution in [3.8, 4) is 11.3 Å². The fourth-order valence-electron chi connectivity index (χ4n) is 3.58. The molecule has 26 heavy (non-hydrogen) atoms. The number of piperidine rings is 1. The van der Waals surface area contributed by atoms with Crippen molar-refractivity contribution < 1.29 is 22.3 Å². The SMILES string of the molecule is Cc1nc(-c2ccc(S(=O)(=O)N3CCC4(CC3)OCCO4)cc2)c(C)o1. The molecule has 0 amide bonds. The highest BCUT2D eigenvalue weighted by molar-refractivity contribution is 7.89. The van der Waals surface area contributed by atoms with Crippen molar-refractivity contribution in [1.82, 2.24) is 9.29 Å². The number of ether oxygens (including phenoxy) is 2. The fourth-order valence-corrected chi connectivity index (χ4v) is 5.02. The summed E-state index contributed by atoms with van der Waals surface area (Å²) >= 11 is 0. The van der Waals surface area contributed by atoms with Crippen LogP contribution in [0.25, 0.3) is 11.3 Å². The van der Waals surface area contributed by atoms with E-state index >= 15 is 0 Å². The van der Waals surface area contributed by atoms with Crippen molar-refractivity contribution in [3.05, 3.63) is 35.9 Å². The van der Waals surface area contributed by atoms with E-state index in [0.29, 0.717) is 45.0 Å². The lowest BCUT2D eigenvalue weighted by Gasteiger charge is -2.36. The molecular formula is C18H22N2O5S. The average molecular weight is 378 g/mol. The van der Waals surface area contributed by atoms with Crippen LogP contribution in [0.15, 0.2) is 33.6 Å². The molecule has 2 aromatic rings. The number of rotatable bonds is 3. The van der Waals surface area contributed by atoms with Crippen LogP contribution in [0, 0.1) is 13.8 Å². The van der Waals surface area contributed by atoms with Crippen LogP contribution in [-0.4, -0.2) is 49.8 Å². The molecule has 2 aliphatic heterocycles. The van der Waals surface area contributed by atoms with E-state index in [4.69, 9.17) is 13.9 Å². The second-order valence-electron chi connectivity index (χ2n) is 6.67. The molecule has 0 N–H and O–H groups in total. The summed E-state index contributed by atoms with van der Waals surface area (Å²) in [6, 6.07) is 6.79. The van der Waals surface area contributed by atoms with Crippen molar-refractivity contribution in [2.24, 2.45) is 0 Å². The van der Waals surface area contributed by atoms with Crippen LogP contribution in [0.1, 0.15) is 24.5 Å².